The van der Waals surface area contributed by atoms with Crippen LogP contribution in [0.3, 0.4) is 0 Å². The SMILES string of the molecule is Cc1cc(C)c(N(c2cc(O)c(C)cc2C)c2ccccc2Oc2c(C)cccc2O)cc1O. The standard InChI is InChI=1S/C29H29NO4/c1-17-9-8-11-25(31)29(17)34-28-12-7-6-10-22(28)30(23-15-26(32)20(4)13-18(23)2)24-16-27(33)21(5)14-19(24)3/h6-16,31-33H,1-5H3. The molecule has 0 bridgehead atoms. The zero-order valence-electron chi connectivity index (χ0n) is 20.0. The largest absolute Gasteiger partial charge is 0.508 e. The molecule has 5 nitrogen and oxygen atoms in total. The van der Waals surface area contributed by atoms with Crippen molar-refractivity contribution < 1.29 is 20.1 Å². The molecule has 3 N–H and O–H groups in total. The first-order valence-electron chi connectivity index (χ1n) is 11.1. The number of aromatic hydroxyl groups is 3. The quantitative estimate of drug-likeness (QED) is 0.289. The van der Waals surface area contributed by atoms with E-state index in [-0.39, 0.29) is 17.2 Å². The van der Waals surface area contributed by atoms with Gasteiger partial charge in [0.1, 0.15) is 11.5 Å². The van der Waals surface area contributed by atoms with E-state index in [4.69, 9.17) is 4.74 Å². The molecule has 0 aliphatic carbocycles. The monoisotopic (exact) mass is 455 g/mol. The summed E-state index contributed by atoms with van der Waals surface area (Å²) in [6, 6.07) is 20.1. The Hall–Kier alpha value is -4.12. The van der Waals surface area contributed by atoms with E-state index < -0.39 is 0 Å². The van der Waals surface area contributed by atoms with E-state index in [2.05, 4.69) is 0 Å². The maximum absolute atomic E-state index is 10.6. The van der Waals surface area contributed by atoms with Gasteiger partial charge in [-0.1, -0.05) is 36.4 Å². The molecule has 0 fully saturated rings. The van der Waals surface area contributed by atoms with Crippen molar-refractivity contribution in [3.8, 4) is 28.7 Å². The number of phenols is 3. The topological polar surface area (TPSA) is 73.2 Å². The minimum Gasteiger partial charge on any atom is -0.508 e. The highest BCUT2D eigenvalue weighted by Crippen LogP contribution is 2.47. The van der Waals surface area contributed by atoms with Crippen LogP contribution in [0.15, 0.2) is 66.7 Å². The van der Waals surface area contributed by atoms with Gasteiger partial charge < -0.3 is 25.0 Å². The molecular formula is C29H29NO4. The zero-order valence-corrected chi connectivity index (χ0v) is 20.0. The summed E-state index contributed by atoms with van der Waals surface area (Å²) in [7, 11) is 0. The Bertz CT molecular complexity index is 1300. The molecule has 0 aliphatic heterocycles. The van der Waals surface area contributed by atoms with Gasteiger partial charge >= 0.3 is 0 Å². The number of rotatable bonds is 5. The lowest BCUT2D eigenvalue weighted by Gasteiger charge is -2.30. The van der Waals surface area contributed by atoms with Crippen molar-refractivity contribution in [1.82, 2.24) is 0 Å². The van der Waals surface area contributed by atoms with Crippen LogP contribution in [-0.2, 0) is 0 Å². The van der Waals surface area contributed by atoms with Crippen molar-refractivity contribution >= 4 is 17.1 Å². The summed E-state index contributed by atoms with van der Waals surface area (Å²) >= 11 is 0. The van der Waals surface area contributed by atoms with Crippen LogP contribution in [0.1, 0.15) is 27.8 Å². The number of phenolic OH excluding ortho intramolecular Hbond substituents is 3. The maximum Gasteiger partial charge on any atom is 0.172 e. The lowest BCUT2D eigenvalue weighted by molar-refractivity contribution is 0.409. The molecule has 0 radical (unpaired) electrons. The Balaban J connectivity index is 1.98. The molecule has 4 rings (SSSR count). The summed E-state index contributed by atoms with van der Waals surface area (Å²) in [5, 5.41) is 31.6. The Labute approximate surface area is 200 Å². The van der Waals surface area contributed by atoms with Crippen molar-refractivity contribution in [2.75, 3.05) is 4.90 Å². The Morgan fingerprint density at radius 1 is 0.529 bits per heavy atom. The van der Waals surface area contributed by atoms with E-state index in [1.165, 1.54) is 0 Å². The van der Waals surface area contributed by atoms with Gasteiger partial charge in [-0.25, -0.2) is 0 Å². The van der Waals surface area contributed by atoms with Crippen LogP contribution < -0.4 is 9.64 Å². The maximum atomic E-state index is 10.6. The van der Waals surface area contributed by atoms with Crippen LogP contribution in [0.5, 0.6) is 28.7 Å². The van der Waals surface area contributed by atoms with Crippen LogP contribution >= 0.6 is 0 Å². The third-order valence-corrected chi connectivity index (χ3v) is 6.02. The lowest BCUT2D eigenvalue weighted by atomic mass is 10.0. The van der Waals surface area contributed by atoms with Crippen LogP contribution in [0.2, 0.25) is 0 Å². The second kappa shape index (κ2) is 9.02. The highest BCUT2D eigenvalue weighted by molar-refractivity contribution is 5.84. The predicted molar refractivity (Wildman–Crippen MR) is 136 cm³/mol. The van der Waals surface area contributed by atoms with Crippen molar-refractivity contribution in [3.05, 3.63) is 94.5 Å². The molecule has 0 unspecified atom stereocenters. The van der Waals surface area contributed by atoms with E-state index in [1.54, 1.807) is 24.3 Å². The molecule has 0 heterocycles. The third kappa shape index (κ3) is 4.25. The fourth-order valence-electron chi connectivity index (χ4n) is 4.14. The van der Waals surface area contributed by atoms with Gasteiger partial charge in [-0.05, 0) is 80.6 Å². The fraction of sp³-hybridized carbons (Fsp3) is 0.172. The van der Waals surface area contributed by atoms with E-state index in [0.29, 0.717) is 17.2 Å². The molecular weight excluding hydrogens is 426 g/mol. The number of hydrogen-bond donors (Lipinski definition) is 3. The van der Waals surface area contributed by atoms with Gasteiger partial charge in [0.2, 0.25) is 0 Å². The highest BCUT2D eigenvalue weighted by Gasteiger charge is 2.23. The molecule has 0 saturated heterocycles. The Morgan fingerprint density at radius 3 is 1.65 bits per heavy atom. The minimum atomic E-state index is 0.0506. The molecule has 0 aliphatic rings. The number of aryl methyl sites for hydroxylation is 5. The number of ether oxygens (including phenoxy) is 1. The molecule has 0 atom stereocenters. The summed E-state index contributed by atoms with van der Waals surface area (Å²) in [5.41, 5.74) is 6.45. The van der Waals surface area contributed by atoms with Crippen molar-refractivity contribution in [1.29, 1.82) is 0 Å². The molecule has 5 heteroatoms. The summed E-state index contributed by atoms with van der Waals surface area (Å²) in [5.74, 6) is 1.30. The molecule has 0 saturated carbocycles. The van der Waals surface area contributed by atoms with Gasteiger partial charge in [0, 0.05) is 12.1 Å². The highest BCUT2D eigenvalue weighted by atomic mass is 16.5. The normalized spacial score (nSPS) is 10.9. The first-order valence-corrected chi connectivity index (χ1v) is 11.1. The third-order valence-electron chi connectivity index (χ3n) is 6.02. The summed E-state index contributed by atoms with van der Waals surface area (Å²) < 4.78 is 6.27. The van der Waals surface area contributed by atoms with E-state index >= 15 is 0 Å². The minimum absolute atomic E-state index is 0.0506. The average molecular weight is 456 g/mol. The molecule has 0 spiro atoms. The van der Waals surface area contributed by atoms with Crippen LogP contribution in [0.25, 0.3) is 0 Å². The number of anilines is 3. The number of para-hydroxylation sites is 3. The van der Waals surface area contributed by atoms with Crippen LogP contribution in [-0.4, -0.2) is 15.3 Å². The van der Waals surface area contributed by atoms with Gasteiger partial charge in [-0.2, -0.15) is 0 Å². The number of benzene rings is 4. The molecule has 0 amide bonds. The van der Waals surface area contributed by atoms with Gasteiger partial charge in [0.05, 0.1) is 17.1 Å². The van der Waals surface area contributed by atoms with E-state index in [9.17, 15) is 15.3 Å². The van der Waals surface area contributed by atoms with Crippen molar-refractivity contribution in [3.63, 3.8) is 0 Å². The Kier molecular flexibility index (Phi) is 6.12. The van der Waals surface area contributed by atoms with Crippen molar-refractivity contribution in [2.24, 2.45) is 0 Å². The summed E-state index contributed by atoms with van der Waals surface area (Å²) in [6.45, 7) is 9.55. The zero-order chi connectivity index (χ0) is 24.6. The molecule has 34 heavy (non-hydrogen) atoms. The first kappa shape index (κ1) is 23.1. The molecule has 4 aromatic carbocycles. The smallest absolute Gasteiger partial charge is 0.172 e. The van der Waals surface area contributed by atoms with Gasteiger partial charge in [-0.3, -0.25) is 0 Å². The summed E-state index contributed by atoms with van der Waals surface area (Å²) in [4.78, 5) is 1.97. The van der Waals surface area contributed by atoms with Crippen molar-refractivity contribution in [2.45, 2.75) is 34.6 Å². The lowest BCUT2D eigenvalue weighted by Crippen LogP contribution is -2.14. The number of hydrogen-bond acceptors (Lipinski definition) is 5. The van der Waals surface area contributed by atoms with Crippen LogP contribution in [0, 0.1) is 34.6 Å². The number of nitrogens with zero attached hydrogens (tertiary/aromatic N) is 1. The van der Waals surface area contributed by atoms with E-state index in [1.807, 2.05) is 82.0 Å². The van der Waals surface area contributed by atoms with Crippen LogP contribution in [0.4, 0.5) is 17.1 Å². The second-order valence-corrected chi connectivity index (χ2v) is 8.68. The average Bonchev–Trinajstić information content (AvgIpc) is 2.79. The second-order valence-electron chi connectivity index (χ2n) is 8.68. The summed E-state index contributed by atoms with van der Waals surface area (Å²) in [6.07, 6.45) is 0. The molecule has 0 aromatic heterocycles. The Morgan fingerprint density at radius 2 is 1.09 bits per heavy atom. The fourth-order valence-corrected chi connectivity index (χ4v) is 4.14. The van der Waals surface area contributed by atoms with Gasteiger partial charge in [0.15, 0.2) is 17.2 Å². The first-order chi connectivity index (χ1) is 16.2. The molecule has 174 valence electrons. The van der Waals surface area contributed by atoms with Gasteiger partial charge in [-0.15, -0.1) is 0 Å². The predicted octanol–water partition coefficient (Wildman–Crippen LogP) is 7.61. The van der Waals surface area contributed by atoms with E-state index in [0.717, 1.165) is 39.2 Å². The van der Waals surface area contributed by atoms with Gasteiger partial charge in [0.25, 0.3) is 0 Å². The molecule has 4 aromatic rings.